The molecule has 60 valence electrons. The third-order valence-corrected chi connectivity index (χ3v) is 1.30. The second-order valence-corrected chi connectivity index (χ2v) is 1.83. The molecule has 0 saturated carbocycles. The molecule has 0 aromatic rings. The lowest BCUT2D eigenvalue weighted by atomic mass is 10.5. The van der Waals surface area contributed by atoms with Crippen molar-refractivity contribution in [2.75, 3.05) is 26.3 Å². The van der Waals surface area contributed by atoms with Crippen LogP contribution >= 0.6 is 0 Å². The van der Waals surface area contributed by atoms with Gasteiger partial charge in [-0.2, -0.15) is 0 Å². The Hall–Kier alpha value is -0.580. The molecule has 1 aliphatic heterocycles. The van der Waals surface area contributed by atoms with E-state index in [1.165, 1.54) is 0 Å². The SMILES string of the molecule is C=CN1CCOCC1.NN. The molecule has 4 heteroatoms. The van der Waals surface area contributed by atoms with Crippen molar-refractivity contribution < 1.29 is 4.74 Å². The molecule has 4 nitrogen and oxygen atoms in total. The monoisotopic (exact) mass is 145 g/mol. The maximum atomic E-state index is 5.11. The van der Waals surface area contributed by atoms with Crippen molar-refractivity contribution in [3.8, 4) is 0 Å². The minimum atomic E-state index is 0.853. The molecular weight excluding hydrogens is 130 g/mol. The highest BCUT2D eigenvalue weighted by molar-refractivity contribution is 4.72. The van der Waals surface area contributed by atoms with E-state index in [-0.39, 0.29) is 0 Å². The van der Waals surface area contributed by atoms with Crippen LogP contribution in [0.25, 0.3) is 0 Å². The zero-order chi connectivity index (χ0) is 7.82. The Morgan fingerprint density at radius 1 is 1.30 bits per heavy atom. The average Bonchev–Trinajstić information content (AvgIpc) is 2.10. The van der Waals surface area contributed by atoms with Crippen molar-refractivity contribution in [2.24, 2.45) is 11.7 Å². The van der Waals surface area contributed by atoms with E-state index in [9.17, 15) is 0 Å². The summed E-state index contributed by atoms with van der Waals surface area (Å²) < 4.78 is 5.11. The molecule has 0 radical (unpaired) electrons. The number of hydrogen-bond donors (Lipinski definition) is 2. The Morgan fingerprint density at radius 3 is 2.10 bits per heavy atom. The van der Waals surface area contributed by atoms with E-state index in [1.54, 1.807) is 0 Å². The summed E-state index contributed by atoms with van der Waals surface area (Å²) in [4.78, 5) is 2.16. The van der Waals surface area contributed by atoms with Gasteiger partial charge in [0.15, 0.2) is 0 Å². The number of morpholine rings is 1. The molecule has 10 heavy (non-hydrogen) atoms. The molecule has 0 atom stereocenters. The molecular formula is C6H15N3O. The van der Waals surface area contributed by atoms with Crippen molar-refractivity contribution >= 4 is 0 Å². The van der Waals surface area contributed by atoms with E-state index in [0.717, 1.165) is 26.3 Å². The van der Waals surface area contributed by atoms with E-state index >= 15 is 0 Å². The van der Waals surface area contributed by atoms with E-state index in [2.05, 4.69) is 23.2 Å². The summed E-state index contributed by atoms with van der Waals surface area (Å²) >= 11 is 0. The maximum absolute atomic E-state index is 5.11. The summed E-state index contributed by atoms with van der Waals surface area (Å²) in [5, 5.41) is 0. The van der Waals surface area contributed by atoms with E-state index < -0.39 is 0 Å². The number of rotatable bonds is 1. The number of hydrogen-bond acceptors (Lipinski definition) is 4. The van der Waals surface area contributed by atoms with Crippen LogP contribution in [0.3, 0.4) is 0 Å². The standard InChI is InChI=1S/C6H11NO.H4N2/c1-2-7-3-5-8-6-4-7;1-2/h2H,1,3-6H2;1-2H2. The lowest BCUT2D eigenvalue weighted by Gasteiger charge is -2.24. The summed E-state index contributed by atoms with van der Waals surface area (Å²) in [5.41, 5.74) is 0. The molecule has 1 saturated heterocycles. The van der Waals surface area contributed by atoms with Crippen molar-refractivity contribution in [3.63, 3.8) is 0 Å². The summed E-state index contributed by atoms with van der Waals surface area (Å²) in [6.07, 6.45) is 1.86. The maximum Gasteiger partial charge on any atom is 0.0642 e. The molecule has 0 bridgehead atoms. The first-order chi connectivity index (χ1) is 4.93. The lowest BCUT2D eigenvalue weighted by molar-refractivity contribution is 0.0596. The van der Waals surface area contributed by atoms with Gasteiger partial charge in [0.1, 0.15) is 0 Å². The zero-order valence-corrected chi connectivity index (χ0v) is 6.12. The third kappa shape index (κ3) is 3.45. The van der Waals surface area contributed by atoms with Crippen LogP contribution in [0.4, 0.5) is 0 Å². The Labute approximate surface area is 61.4 Å². The van der Waals surface area contributed by atoms with E-state index in [0.29, 0.717) is 0 Å². The van der Waals surface area contributed by atoms with Gasteiger partial charge in [0.2, 0.25) is 0 Å². The molecule has 0 aromatic heterocycles. The number of nitrogens with two attached hydrogens (primary N) is 2. The van der Waals surface area contributed by atoms with Crippen LogP contribution in [0.15, 0.2) is 12.8 Å². The fourth-order valence-electron chi connectivity index (χ4n) is 0.760. The normalized spacial score (nSPS) is 17.2. The van der Waals surface area contributed by atoms with Crippen molar-refractivity contribution in [1.82, 2.24) is 4.90 Å². The van der Waals surface area contributed by atoms with Crippen LogP contribution in [-0.4, -0.2) is 31.2 Å². The van der Waals surface area contributed by atoms with Crippen LogP contribution < -0.4 is 11.7 Å². The van der Waals surface area contributed by atoms with Crippen molar-refractivity contribution in [2.45, 2.75) is 0 Å². The van der Waals surface area contributed by atoms with Gasteiger partial charge in [0.25, 0.3) is 0 Å². The van der Waals surface area contributed by atoms with E-state index in [1.807, 2.05) is 6.20 Å². The fraction of sp³-hybridized carbons (Fsp3) is 0.667. The van der Waals surface area contributed by atoms with Gasteiger partial charge in [0.05, 0.1) is 13.2 Å². The molecule has 1 heterocycles. The fourth-order valence-corrected chi connectivity index (χ4v) is 0.760. The predicted octanol–water partition coefficient (Wildman–Crippen LogP) is -0.719. The number of ether oxygens (including phenoxy) is 1. The quantitative estimate of drug-likeness (QED) is 0.377. The minimum Gasteiger partial charge on any atom is -0.378 e. The average molecular weight is 145 g/mol. The van der Waals surface area contributed by atoms with Crippen LogP contribution in [-0.2, 0) is 4.74 Å². The van der Waals surface area contributed by atoms with Gasteiger partial charge in [-0.3, -0.25) is 11.7 Å². The molecule has 0 aromatic carbocycles. The minimum absolute atomic E-state index is 0.853. The van der Waals surface area contributed by atoms with Gasteiger partial charge in [-0.1, -0.05) is 6.58 Å². The van der Waals surface area contributed by atoms with Gasteiger partial charge in [-0.15, -0.1) is 0 Å². The molecule has 0 unspecified atom stereocenters. The molecule has 1 fully saturated rings. The highest BCUT2D eigenvalue weighted by Crippen LogP contribution is 1.94. The second kappa shape index (κ2) is 6.54. The molecule has 0 aliphatic carbocycles. The summed E-state index contributed by atoms with van der Waals surface area (Å²) in [7, 11) is 0. The topological polar surface area (TPSA) is 64.5 Å². The third-order valence-electron chi connectivity index (χ3n) is 1.30. The molecule has 1 rings (SSSR count). The Bertz CT molecular complexity index is 81.1. The van der Waals surface area contributed by atoms with Gasteiger partial charge in [-0.25, -0.2) is 0 Å². The first-order valence-corrected chi connectivity index (χ1v) is 3.21. The first kappa shape index (κ1) is 9.42. The molecule has 0 amide bonds. The van der Waals surface area contributed by atoms with Gasteiger partial charge >= 0.3 is 0 Å². The van der Waals surface area contributed by atoms with Crippen LogP contribution in [0.5, 0.6) is 0 Å². The molecule has 1 aliphatic rings. The van der Waals surface area contributed by atoms with Gasteiger partial charge < -0.3 is 9.64 Å². The Kier molecular flexibility index (Phi) is 6.16. The summed E-state index contributed by atoms with van der Waals surface area (Å²) in [6, 6.07) is 0. The lowest BCUT2D eigenvalue weighted by Crippen LogP contribution is -2.31. The molecule has 4 N–H and O–H groups in total. The summed E-state index contributed by atoms with van der Waals surface area (Å²) in [6.45, 7) is 7.37. The van der Waals surface area contributed by atoms with Gasteiger partial charge in [-0.05, 0) is 6.20 Å². The highest BCUT2D eigenvalue weighted by Gasteiger charge is 2.02. The number of hydrazine groups is 1. The summed E-state index contributed by atoms with van der Waals surface area (Å²) in [5.74, 6) is 8.00. The Morgan fingerprint density at radius 2 is 1.80 bits per heavy atom. The smallest absolute Gasteiger partial charge is 0.0642 e. The van der Waals surface area contributed by atoms with Crippen LogP contribution in [0, 0.1) is 0 Å². The van der Waals surface area contributed by atoms with Crippen LogP contribution in [0.1, 0.15) is 0 Å². The van der Waals surface area contributed by atoms with Gasteiger partial charge in [0, 0.05) is 13.1 Å². The highest BCUT2D eigenvalue weighted by atomic mass is 16.5. The first-order valence-electron chi connectivity index (χ1n) is 3.21. The Balaban J connectivity index is 0.000000371. The molecule has 0 spiro atoms. The van der Waals surface area contributed by atoms with Crippen molar-refractivity contribution in [3.05, 3.63) is 12.8 Å². The largest absolute Gasteiger partial charge is 0.378 e. The second-order valence-electron chi connectivity index (χ2n) is 1.83. The number of nitrogens with zero attached hydrogens (tertiary/aromatic N) is 1. The van der Waals surface area contributed by atoms with E-state index in [4.69, 9.17) is 4.74 Å². The zero-order valence-electron chi connectivity index (χ0n) is 6.12. The predicted molar refractivity (Wildman–Crippen MR) is 41.0 cm³/mol. The van der Waals surface area contributed by atoms with Crippen molar-refractivity contribution in [1.29, 1.82) is 0 Å². The van der Waals surface area contributed by atoms with Crippen LogP contribution in [0.2, 0.25) is 0 Å².